The van der Waals surface area contributed by atoms with E-state index < -0.39 is 0 Å². The molecule has 3 heteroatoms. The molecule has 1 N–H and O–H groups in total. The number of anilines is 1. The van der Waals surface area contributed by atoms with Crippen LogP contribution in [0.2, 0.25) is 0 Å². The fraction of sp³-hybridized carbons (Fsp3) is 0.357. The van der Waals surface area contributed by atoms with Gasteiger partial charge in [-0.2, -0.15) is 0 Å². The Bertz CT molecular complexity index is 518. The fourth-order valence-corrected chi connectivity index (χ4v) is 3.21. The van der Waals surface area contributed by atoms with Crippen LogP contribution >= 0.6 is 11.3 Å². The monoisotopic (exact) mass is 244 g/mol. The Morgan fingerprint density at radius 3 is 3.12 bits per heavy atom. The molecule has 0 saturated carbocycles. The summed E-state index contributed by atoms with van der Waals surface area (Å²) in [5.74, 6) is 0. The lowest BCUT2D eigenvalue weighted by Gasteiger charge is -2.26. The van der Waals surface area contributed by atoms with E-state index in [0.717, 1.165) is 12.1 Å². The van der Waals surface area contributed by atoms with Gasteiger partial charge in [-0.3, -0.25) is 0 Å². The van der Waals surface area contributed by atoms with E-state index in [-0.39, 0.29) is 0 Å². The molecule has 1 aliphatic rings. The highest BCUT2D eigenvalue weighted by Gasteiger charge is 2.18. The number of hydrogen-bond acceptors (Lipinski definition) is 3. The van der Waals surface area contributed by atoms with E-state index in [0.29, 0.717) is 6.04 Å². The number of nitrogens with one attached hydrogen (secondary N) is 1. The summed E-state index contributed by atoms with van der Waals surface area (Å²) in [7, 11) is 0. The van der Waals surface area contributed by atoms with E-state index in [4.69, 9.17) is 0 Å². The maximum Gasteiger partial charge on any atom is 0.0948 e. The van der Waals surface area contributed by atoms with Gasteiger partial charge < -0.3 is 5.32 Å². The predicted molar refractivity (Wildman–Crippen MR) is 72.7 cm³/mol. The van der Waals surface area contributed by atoms with Crippen molar-refractivity contribution in [2.75, 3.05) is 5.32 Å². The first kappa shape index (κ1) is 10.8. The first-order valence-electron chi connectivity index (χ1n) is 6.07. The van der Waals surface area contributed by atoms with Crippen molar-refractivity contribution in [3.63, 3.8) is 0 Å². The standard InChI is InChI=1S/C14H16N2S/c1-10-9-17-14(15-10)8-12-7-6-11-4-2-3-5-13(11)16-12/h2-5,9,12,16H,6-8H2,1H3. The predicted octanol–water partition coefficient (Wildman–Crippen LogP) is 3.42. The summed E-state index contributed by atoms with van der Waals surface area (Å²) in [4.78, 5) is 4.54. The van der Waals surface area contributed by atoms with Crippen molar-refractivity contribution in [3.8, 4) is 0 Å². The van der Waals surface area contributed by atoms with Crippen LogP contribution < -0.4 is 5.32 Å². The third kappa shape index (κ3) is 2.34. The molecule has 0 aliphatic carbocycles. The highest BCUT2D eigenvalue weighted by molar-refractivity contribution is 7.09. The summed E-state index contributed by atoms with van der Waals surface area (Å²) in [6, 6.07) is 9.14. The summed E-state index contributed by atoms with van der Waals surface area (Å²) in [5.41, 5.74) is 3.89. The fourth-order valence-electron chi connectivity index (χ4n) is 2.36. The molecule has 0 amide bonds. The number of rotatable bonds is 2. The summed E-state index contributed by atoms with van der Waals surface area (Å²) in [6.07, 6.45) is 3.43. The number of thiazole rings is 1. The Morgan fingerprint density at radius 2 is 2.29 bits per heavy atom. The molecular formula is C14H16N2S. The topological polar surface area (TPSA) is 24.9 Å². The Kier molecular flexibility index (Phi) is 2.85. The minimum absolute atomic E-state index is 0.537. The summed E-state index contributed by atoms with van der Waals surface area (Å²) in [5, 5.41) is 7.00. The van der Waals surface area contributed by atoms with Crippen molar-refractivity contribution in [1.82, 2.24) is 4.98 Å². The molecular weight excluding hydrogens is 228 g/mol. The Labute approximate surface area is 106 Å². The molecule has 17 heavy (non-hydrogen) atoms. The van der Waals surface area contributed by atoms with Crippen LogP contribution in [-0.4, -0.2) is 11.0 Å². The SMILES string of the molecule is Cc1csc(CC2CCc3ccccc3N2)n1. The minimum atomic E-state index is 0.537. The lowest BCUT2D eigenvalue weighted by Crippen LogP contribution is -2.27. The number of nitrogens with zero attached hydrogens (tertiary/aromatic N) is 1. The maximum absolute atomic E-state index is 4.54. The zero-order valence-corrected chi connectivity index (χ0v) is 10.8. The van der Waals surface area contributed by atoms with Crippen molar-refractivity contribution in [3.05, 3.63) is 45.9 Å². The molecule has 2 aromatic rings. The Balaban J connectivity index is 1.72. The van der Waals surface area contributed by atoms with Crippen LogP contribution in [0.5, 0.6) is 0 Å². The third-order valence-corrected chi connectivity index (χ3v) is 4.22. The molecule has 1 unspecified atom stereocenters. The van der Waals surface area contributed by atoms with Crippen LogP contribution in [0.15, 0.2) is 29.6 Å². The number of aryl methyl sites for hydroxylation is 2. The smallest absolute Gasteiger partial charge is 0.0948 e. The first-order chi connectivity index (χ1) is 8.31. The van der Waals surface area contributed by atoms with Crippen molar-refractivity contribution in [2.24, 2.45) is 0 Å². The molecule has 1 aromatic carbocycles. The second-order valence-electron chi connectivity index (χ2n) is 4.62. The van der Waals surface area contributed by atoms with Crippen LogP contribution in [0.3, 0.4) is 0 Å². The molecule has 2 nitrogen and oxygen atoms in total. The van der Waals surface area contributed by atoms with Crippen LogP contribution in [0.1, 0.15) is 22.7 Å². The lowest BCUT2D eigenvalue weighted by atomic mass is 9.96. The average Bonchev–Trinajstić information content (AvgIpc) is 2.75. The van der Waals surface area contributed by atoms with Crippen molar-refractivity contribution >= 4 is 17.0 Å². The third-order valence-electron chi connectivity index (χ3n) is 3.23. The summed E-state index contributed by atoms with van der Waals surface area (Å²) in [6.45, 7) is 2.06. The zero-order valence-electron chi connectivity index (χ0n) is 9.94. The van der Waals surface area contributed by atoms with Gasteiger partial charge in [0, 0.05) is 29.2 Å². The van der Waals surface area contributed by atoms with Crippen LogP contribution in [0.25, 0.3) is 0 Å². The second-order valence-corrected chi connectivity index (χ2v) is 5.57. The molecule has 0 spiro atoms. The van der Waals surface area contributed by atoms with Gasteiger partial charge in [0.2, 0.25) is 0 Å². The lowest BCUT2D eigenvalue weighted by molar-refractivity contribution is 0.626. The number of hydrogen-bond donors (Lipinski definition) is 1. The van der Waals surface area contributed by atoms with Gasteiger partial charge in [-0.25, -0.2) is 4.98 Å². The number of fused-ring (bicyclic) bond motifs is 1. The number of para-hydroxylation sites is 1. The molecule has 0 radical (unpaired) electrons. The average molecular weight is 244 g/mol. The van der Waals surface area contributed by atoms with Crippen molar-refractivity contribution < 1.29 is 0 Å². The van der Waals surface area contributed by atoms with Gasteiger partial charge in [0.1, 0.15) is 0 Å². The molecule has 3 rings (SSSR count). The maximum atomic E-state index is 4.54. The second kappa shape index (κ2) is 4.49. The highest BCUT2D eigenvalue weighted by Crippen LogP contribution is 2.26. The van der Waals surface area contributed by atoms with Crippen LogP contribution in [0, 0.1) is 6.92 Å². The zero-order chi connectivity index (χ0) is 11.7. The first-order valence-corrected chi connectivity index (χ1v) is 6.94. The number of benzene rings is 1. The van der Waals surface area contributed by atoms with Gasteiger partial charge in [-0.1, -0.05) is 18.2 Å². The summed E-state index contributed by atoms with van der Waals surface area (Å²) >= 11 is 1.77. The normalized spacial score (nSPS) is 18.5. The van der Waals surface area contributed by atoms with E-state index in [1.54, 1.807) is 11.3 Å². The van der Waals surface area contributed by atoms with Crippen LogP contribution in [-0.2, 0) is 12.8 Å². The van der Waals surface area contributed by atoms with Crippen molar-refractivity contribution in [1.29, 1.82) is 0 Å². The van der Waals surface area contributed by atoms with Gasteiger partial charge in [-0.05, 0) is 31.4 Å². The molecule has 2 heterocycles. The highest BCUT2D eigenvalue weighted by atomic mass is 32.1. The van der Waals surface area contributed by atoms with E-state index in [1.807, 2.05) is 0 Å². The van der Waals surface area contributed by atoms with E-state index in [9.17, 15) is 0 Å². The van der Waals surface area contributed by atoms with Crippen molar-refractivity contribution in [2.45, 2.75) is 32.2 Å². The molecule has 88 valence electrons. The van der Waals surface area contributed by atoms with Gasteiger partial charge in [0.05, 0.1) is 5.01 Å². The Hall–Kier alpha value is -1.35. The summed E-state index contributed by atoms with van der Waals surface area (Å²) < 4.78 is 0. The molecule has 1 aliphatic heterocycles. The van der Waals surface area contributed by atoms with Gasteiger partial charge in [-0.15, -0.1) is 11.3 Å². The van der Waals surface area contributed by atoms with Gasteiger partial charge in [0.25, 0.3) is 0 Å². The largest absolute Gasteiger partial charge is 0.382 e. The molecule has 0 fully saturated rings. The quantitative estimate of drug-likeness (QED) is 0.875. The molecule has 1 atom stereocenters. The van der Waals surface area contributed by atoms with E-state index in [1.165, 1.54) is 29.1 Å². The van der Waals surface area contributed by atoms with Crippen LogP contribution in [0.4, 0.5) is 5.69 Å². The molecule has 0 saturated heterocycles. The number of aromatic nitrogens is 1. The minimum Gasteiger partial charge on any atom is -0.382 e. The molecule has 0 bridgehead atoms. The molecule has 1 aromatic heterocycles. The Morgan fingerprint density at radius 1 is 1.41 bits per heavy atom. The van der Waals surface area contributed by atoms with Gasteiger partial charge in [0.15, 0.2) is 0 Å². The van der Waals surface area contributed by atoms with Gasteiger partial charge >= 0.3 is 0 Å². The van der Waals surface area contributed by atoms with E-state index in [2.05, 4.69) is 46.9 Å². The van der Waals surface area contributed by atoms with E-state index >= 15 is 0 Å².